The Labute approximate surface area is 139 Å². The van der Waals surface area contributed by atoms with Gasteiger partial charge in [-0.05, 0) is 45.2 Å². The first kappa shape index (κ1) is 14.9. The molecular weight excluding hydrogens is 306 g/mol. The summed E-state index contributed by atoms with van der Waals surface area (Å²) in [4.78, 5) is 14.2. The SMILES string of the molecule is Cc1ccc2oc(-c3nnc(C(=O)N4CCCCC4)o3)c(C)c2c1. The number of rotatable bonds is 2. The summed E-state index contributed by atoms with van der Waals surface area (Å²) in [6, 6.07) is 5.99. The number of amides is 1. The number of benzene rings is 1. The Morgan fingerprint density at radius 1 is 1.08 bits per heavy atom. The number of carbonyl (C=O) groups excluding carboxylic acids is 1. The van der Waals surface area contributed by atoms with Gasteiger partial charge in [-0.15, -0.1) is 10.2 Å². The van der Waals surface area contributed by atoms with Crippen molar-refractivity contribution in [2.24, 2.45) is 0 Å². The third-order valence-electron chi connectivity index (χ3n) is 4.54. The fourth-order valence-electron chi connectivity index (χ4n) is 3.17. The molecule has 1 aliphatic rings. The van der Waals surface area contributed by atoms with Gasteiger partial charge in [0.25, 0.3) is 5.89 Å². The number of nitrogens with zero attached hydrogens (tertiary/aromatic N) is 3. The van der Waals surface area contributed by atoms with E-state index in [4.69, 9.17) is 8.83 Å². The van der Waals surface area contributed by atoms with Crippen molar-refractivity contribution in [3.05, 3.63) is 35.2 Å². The quantitative estimate of drug-likeness (QED) is 0.718. The average Bonchev–Trinajstić information content (AvgIpc) is 3.21. The standard InChI is InChI=1S/C18H19N3O3/c1-11-6-7-14-13(10-11)12(2)15(23-14)16-19-20-17(24-16)18(22)21-8-4-3-5-9-21/h6-7,10H,3-5,8-9H2,1-2H3. The Morgan fingerprint density at radius 2 is 1.88 bits per heavy atom. The van der Waals surface area contributed by atoms with Crippen LogP contribution in [0.1, 0.15) is 41.1 Å². The average molecular weight is 325 g/mol. The minimum atomic E-state index is -0.196. The van der Waals surface area contributed by atoms with E-state index in [-0.39, 0.29) is 17.7 Å². The van der Waals surface area contributed by atoms with Crippen LogP contribution >= 0.6 is 0 Å². The first-order chi connectivity index (χ1) is 11.6. The third kappa shape index (κ3) is 2.48. The summed E-state index contributed by atoms with van der Waals surface area (Å²) in [6.07, 6.45) is 3.21. The number of aryl methyl sites for hydroxylation is 2. The molecule has 124 valence electrons. The molecule has 1 fully saturated rings. The smallest absolute Gasteiger partial charge is 0.311 e. The molecule has 24 heavy (non-hydrogen) atoms. The van der Waals surface area contributed by atoms with Crippen LogP contribution in [0.2, 0.25) is 0 Å². The molecule has 6 nitrogen and oxygen atoms in total. The zero-order valence-electron chi connectivity index (χ0n) is 13.8. The fraction of sp³-hybridized carbons (Fsp3) is 0.389. The van der Waals surface area contributed by atoms with Gasteiger partial charge in [0.2, 0.25) is 0 Å². The summed E-state index contributed by atoms with van der Waals surface area (Å²) in [7, 11) is 0. The molecule has 6 heteroatoms. The van der Waals surface area contributed by atoms with E-state index >= 15 is 0 Å². The van der Waals surface area contributed by atoms with E-state index in [1.54, 1.807) is 4.90 Å². The zero-order valence-corrected chi connectivity index (χ0v) is 13.8. The molecule has 3 aromatic rings. The monoisotopic (exact) mass is 325 g/mol. The summed E-state index contributed by atoms with van der Waals surface area (Å²) in [6.45, 7) is 5.49. The van der Waals surface area contributed by atoms with Crippen LogP contribution < -0.4 is 0 Å². The number of hydrogen-bond donors (Lipinski definition) is 0. The number of aromatic nitrogens is 2. The first-order valence-corrected chi connectivity index (χ1v) is 8.26. The summed E-state index contributed by atoms with van der Waals surface area (Å²) in [5.74, 6) is 0.614. The lowest BCUT2D eigenvalue weighted by molar-refractivity contribution is 0.0684. The number of piperidine rings is 1. The molecule has 1 aromatic carbocycles. The molecule has 1 saturated heterocycles. The number of likely N-dealkylation sites (tertiary alicyclic amines) is 1. The van der Waals surface area contributed by atoms with Crippen molar-refractivity contribution in [2.75, 3.05) is 13.1 Å². The largest absolute Gasteiger partial charge is 0.451 e. The van der Waals surface area contributed by atoms with Gasteiger partial charge in [-0.1, -0.05) is 11.6 Å². The molecule has 0 atom stereocenters. The summed E-state index contributed by atoms with van der Waals surface area (Å²) >= 11 is 0. The number of carbonyl (C=O) groups is 1. The molecule has 0 unspecified atom stereocenters. The molecular formula is C18H19N3O3. The van der Waals surface area contributed by atoms with Crippen LogP contribution in [-0.4, -0.2) is 34.1 Å². The molecule has 0 N–H and O–H groups in total. The van der Waals surface area contributed by atoms with Crippen LogP contribution in [0.5, 0.6) is 0 Å². The Kier molecular flexibility index (Phi) is 3.59. The van der Waals surface area contributed by atoms with Gasteiger partial charge in [0.05, 0.1) is 0 Å². The lowest BCUT2D eigenvalue weighted by Gasteiger charge is -2.24. The van der Waals surface area contributed by atoms with Crippen LogP contribution in [0, 0.1) is 13.8 Å². The topological polar surface area (TPSA) is 72.4 Å². The molecule has 0 aliphatic carbocycles. The van der Waals surface area contributed by atoms with Crippen molar-refractivity contribution in [1.29, 1.82) is 0 Å². The molecule has 3 heterocycles. The minimum Gasteiger partial charge on any atom is -0.451 e. The van der Waals surface area contributed by atoms with Gasteiger partial charge in [0.1, 0.15) is 5.58 Å². The van der Waals surface area contributed by atoms with Gasteiger partial charge in [-0.2, -0.15) is 0 Å². The van der Waals surface area contributed by atoms with Gasteiger partial charge < -0.3 is 13.7 Å². The van der Waals surface area contributed by atoms with Crippen LogP contribution in [0.25, 0.3) is 22.6 Å². The molecule has 0 bridgehead atoms. The van der Waals surface area contributed by atoms with Crippen molar-refractivity contribution < 1.29 is 13.6 Å². The van der Waals surface area contributed by atoms with E-state index in [9.17, 15) is 4.79 Å². The Hall–Kier alpha value is -2.63. The lowest BCUT2D eigenvalue weighted by Crippen LogP contribution is -2.35. The van der Waals surface area contributed by atoms with Crippen molar-refractivity contribution in [3.63, 3.8) is 0 Å². The van der Waals surface area contributed by atoms with Gasteiger partial charge in [0.15, 0.2) is 5.76 Å². The normalized spacial score (nSPS) is 15.2. The van der Waals surface area contributed by atoms with Crippen LogP contribution in [0.3, 0.4) is 0 Å². The maximum atomic E-state index is 12.4. The summed E-state index contributed by atoms with van der Waals surface area (Å²) in [5, 5.41) is 8.97. The predicted molar refractivity (Wildman–Crippen MR) is 88.7 cm³/mol. The van der Waals surface area contributed by atoms with Crippen LogP contribution in [0.4, 0.5) is 0 Å². The highest BCUT2D eigenvalue weighted by molar-refractivity contribution is 5.90. The summed E-state index contributed by atoms with van der Waals surface area (Å²) in [5.41, 5.74) is 2.87. The van der Waals surface area contributed by atoms with E-state index < -0.39 is 0 Å². The highest BCUT2D eigenvalue weighted by Crippen LogP contribution is 2.32. The lowest BCUT2D eigenvalue weighted by atomic mass is 10.1. The molecule has 0 radical (unpaired) electrons. The number of hydrogen-bond acceptors (Lipinski definition) is 5. The maximum absolute atomic E-state index is 12.4. The van der Waals surface area contributed by atoms with Gasteiger partial charge in [-0.3, -0.25) is 4.79 Å². The van der Waals surface area contributed by atoms with E-state index in [0.29, 0.717) is 5.76 Å². The second kappa shape index (κ2) is 5.78. The van der Waals surface area contributed by atoms with E-state index in [1.165, 1.54) is 0 Å². The fourth-order valence-corrected chi connectivity index (χ4v) is 3.17. The molecule has 1 aliphatic heterocycles. The highest BCUT2D eigenvalue weighted by atomic mass is 16.4. The van der Waals surface area contributed by atoms with E-state index in [1.807, 2.05) is 26.0 Å². The Balaban J connectivity index is 1.67. The van der Waals surface area contributed by atoms with Crippen LogP contribution in [0.15, 0.2) is 27.0 Å². The van der Waals surface area contributed by atoms with Crippen molar-refractivity contribution in [1.82, 2.24) is 15.1 Å². The third-order valence-corrected chi connectivity index (χ3v) is 4.54. The van der Waals surface area contributed by atoms with Crippen LogP contribution in [-0.2, 0) is 0 Å². The van der Waals surface area contributed by atoms with Gasteiger partial charge >= 0.3 is 11.8 Å². The van der Waals surface area contributed by atoms with Gasteiger partial charge in [-0.25, -0.2) is 0 Å². The Morgan fingerprint density at radius 3 is 2.67 bits per heavy atom. The minimum absolute atomic E-state index is 0.0305. The maximum Gasteiger partial charge on any atom is 0.311 e. The molecule has 1 amide bonds. The van der Waals surface area contributed by atoms with Crippen molar-refractivity contribution in [3.8, 4) is 11.7 Å². The molecule has 0 saturated carbocycles. The molecule has 0 spiro atoms. The van der Waals surface area contributed by atoms with Crippen molar-refractivity contribution in [2.45, 2.75) is 33.1 Å². The number of fused-ring (bicyclic) bond motifs is 1. The van der Waals surface area contributed by atoms with Crippen molar-refractivity contribution >= 4 is 16.9 Å². The Bertz CT molecular complexity index is 904. The van der Waals surface area contributed by atoms with Gasteiger partial charge in [0, 0.05) is 24.0 Å². The number of furan rings is 1. The molecule has 2 aromatic heterocycles. The zero-order chi connectivity index (χ0) is 16.7. The second-order valence-electron chi connectivity index (χ2n) is 6.32. The highest BCUT2D eigenvalue weighted by Gasteiger charge is 2.25. The predicted octanol–water partition coefficient (Wildman–Crippen LogP) is 3.73. The second-order valence-corrected chi connectivity index (χ2v) is 6.32. The first-order valence-electron chi connectivity index (χ1n) is 8.26. The summed E-state index contributed by atoms with van der Waals surface area (Å²) < 4.78 is 11.5. The van der Waals surface area contributed by atoms with E-state index in [2.05, 4.69) is 16.3 Å². The van der Waals surface area contributed by atoms with E-state index in [0.717, 1.165) is 54.4 Å². The molecule has 4 rings (SSSR count).